The zero-order valence-electron chi connectivity index (χ0n) is 19.5. The van der Waals surface area contributed by atoms with E-state index in [1.165, 1.54) is 37.7 Å². The lowest BCUT2D eigenvalue weighted by Gasteiger charge is -2.59. The van der Waals surface area contributed by atoms with Crippen LogP contribution in [0.3, 0.4) is 0 Å². The van der Waals surface area contributed by atoms with E-state index < -0.39 is 0 Å². The van der Waals surface area contributed by atoms with Crippen LogP contribution in [-0.4, -0.2) is 11.9 Å². The Labute approximate surface area is 182 Å². The predicted molar refractivity (Wildman–Crippen MR) is 123 cm³/mol. The number of benzene rings is 1. The van der Waals surface area contributed by atoms with Crippen molar-refractivity contribution in [1.29, 1.82) is 0 Å². The van der Waals surface area contributed by atoms with E-state index in [-0.39, 0.29) is 16.7 Å². The average molecular weight is 406 g/mol. The summed E-state index contributed by atoms with van der Waals surface area (Å²) < 4.78 is 0. The first-order valence-electron chi connectivity index (χ1n) is 12.2. The Morgan fingerprint density at radius 2 is 1.67 bits per heavy atom. The molecule has 30 heavy (non-hydrogen) atoms. The molecular formula is C28H39NO. The molecule has 2 unspecified atom stereocenters. The van der Waals surface area contributed by atoms with E-state index in [1.54, 1.807) is 11.6 Å². The van der Waals surface area contributed by atoms with Crippen molar-refractivity contribution in [3.8, 4) is 0 Å². The summed E-state index contributed by atoms with van der Waals surface area (Å²) in [6, 6.07) is 9.95. The minimum atomic E-state index is 0.108. The Hall–Kier alpha value is -1.57. The SMILES string of the molecule is CC(C)(C)c1ccc(C2CC[C@H]3[C@@H]4CCC5NC(=O)C=C[C@]5(C)[C@@H]4CC[C@]23C)cc1. The molecule has 1 aromatic carbocycles. The minimum absolute atomic E-state index is 0.108. The van der Waals surface area contributed by atoms with Crippen molar-refractivity contribution in [3.63, 3.8) is 0 Å². The zero-order valence-corrected chi connectivity index (χ0v) is 19.5. The van der Waals surface area contributed by atoms with Crippen molar-refractivity contribution in [2.45, 2.75) is 90.5 Å². The Morgan fingerprint density at radius 3 is 2.37 bits per heavy atom. The third kappa shape index (κ3) is 2.93. The first-order chi connectivity index (χ1) is 14.1. The monoisotopic (exact) mass is 405 g/mol. The summed E-state index contributed by atoms with van der Waals surface area (Å²) in [7, 11) is 0. The van der Waals surface area contributed by atoms with Gasteiger partial charge in [0.05, 0.1) is 0 Å². The molecule has 3 aliphatic carbocycles. The summed E-state index contributed by atoms with van der Waals surface area (Å²) >= 11 is 0. The summed E-state index contributed by atoms with van der Waals surface area (Å²) in [6.07, 6.45) is 11.9. The summed E-state index contributed by atoms with van der Waals surface area (Å²) in [4.78, 5) is 11.9. The van der Waals surface area contributed by atoms with Gasteiger partial charge in [-0.15, -0.1) is 0 Å². The number of fused-ring (bicyclic) bond motifs is 5. The molecule has 1 heterocycles. The average Bonchev–Trinajstić information content (AvgIpc) is 3.05. The summed E-state index contributed by atoms with van der Waals surface area (Å²) in [5.74, 6) is 3.16. The quantitative estimate of drug-likeness (QED) is 0.578. The molecule has 0 saturated heterocycles. The summed E-state index contributed by atoms with van der Waals surface area (Å²) in [5.41, 5.74) is 3.79. The topological polar surface area (TPSA) is 29.1 Å². The predicted octanol–water partition coefficient (Wildman–Crippen LogP) is 6.36. The molecule has 2 heteroatoms. The van der Waals surface area contributed by atoms with Crippen molar-refractivity contribution in [2.24, 2.45) is 28.6 Å². The molecule has 3 saturated carbocycles. The van der Waals surface area contributed by atoms with Crippen LogP contribution in [0.2, 0.25) is 0 Å². The maximum atomic E-state index is 11.9. The van der Waals surface area contributed by atoms with E-state index in [9.17, 15) is 4.79 Å². The zero-order chi connectivity index (χ0) is 21.3. The maximum absolute atomic E-state index is 11.9. The van der Waals surface area contributed by atoms with Gasteiger partial charge in [0.15, 0.2) is 0 Å². The Kier molecular flexibility index (Phi) is 4.55. The Balaban J connectivity index is 1.42. The molecule has 1 aliphatic heterocycles. The minimum Gasteiger partial charge on any atom is -0.349 e. The molecule has 0 bridgehead atoms. The van der Waals surface area contributed by atoms with Crippen molar-refractivity contribution < 1.29 is 4.79 Å². The molecule has 5 rings (SSSR count). The van der Waals surface area contributed by atoms with Gasteiger partial charge in [0, 0.05) is 11.5 Å². The lowest BCUT2D eigenvalue weighted by Crippen LogP contribution is -2.59. The number of rotatable bonds is 1. The van der Waals surface area contributed by atoms with Gasteiger partial charge < -0.3 is 5.32 Å². The van der Waals surface area contributed by atoms with Crippen molar-refractivity contribution >= 4 is 5.91 Å². The normalized spacial score (nSPS) is 42.8. The fourth-order valence-electron chi connectivity index (χ4n) is 8.10. The molecule has 162 valence electrons. The van der Waals surface area contributed by atoms with Crippen molar-refractivity contribution in [2.75, 3.05) is 0 Å². The molecule has 4 aliphatic rings. The van der Waals surface area contributed by atoms with Crippen LogP contribution in [0, 0.1) is 28.6 Å². The van der Waals surface area contributed by atoms with Gasteiger partial charge in [0.2, 0.25) is 5.91 Å². The number of amides is 1. The molecule has 3 fully saturated rings. The van der Waals surface area contributed by atoms with Crippen LogP contribution in [0.4, 0.5) is 0 Å². The lowest BCUT2D eigenvalue weighted by molar-refractivity contribution is -0.122. The van der Waals surface area contributed by atoms with Crippen molar-refractivity contribution in [3.05, 3.63) is 47.5 Å². The van der Waals surface area contributed by atoms with E-state index in [1.807, 2.05) is 0 Å². The number of hydrogen-bond donors (Lipinski definition) is 1. The highest BCUT2D eigenvalue weighted by atomic mass is 16.1. The highest BCUT2D eigenvalue weighted by molar-refractivity contribution is 5.89. The molecule has 2 nitrogen and oxygen atoms in total. The molecule has 0 aromatic heterocycles. The number of hydrogen-bond acceptors (Lipinski definition) is 1. The van der Waals surface area contributed by atoms with Gasteiger partial charge in [-0.05, 0) is 90.2 Å². The highest BCUT2D eigenvalue weighted by Gasteiger charge is 2.59. The molecular weight excluding hydrogens is 366 g/mol. The fourth-order valence-corrected chi connectivity index (χ4v) is 8.10. The number of carbonyl (C=O) groups is 1. The van der Waals surface area contributed by atoms with Crippen LogP contribution in [0.1, 0.15) is 90.2 Å². The van der Waals surface area contributed by atoms with E-state index in [2.05, 4.69) is 70.3 Å². The van der Waals surface area contributed by atoms with Crippen molar-refractivity contribution in [1.82, 2.24) is 5.32 Å². The molecule has 1 amide bonds. The largest absolute Gasteiger partial charge is 0.349 e. The van der Waals surface area contributed by atoms with Gasteiger partial charge in [-0.25, -0.2) is 0 Å². The fraction of sp³-hybridized carbons (Fsp3) is 0.679. The standard InChI is InChI=1S/C28H39NO/c1-26(2,3)19-8-6-18(7-9-19)21-11-12-22-20-10-13-24-28(5,17-15-25(30)29-24)23(20)14-16-27(21,22)4/h6-9,15,17,20-24H,10-14,16H2,1-5H3,(H,29,30)/t20-,21?,22-,23+,24?,27+,28+/m0/s1. The smallest absolute Gasteiger partial charge is 0.243 e. The van der Waals surface area contributed by atoms with Gasteiger partial charge in [-0.3, -0.25) is 4.79 Å². The first kappa shape index (κ1) is 20.3. The van der Waals surface area contributed by atoms with Crippen LogP contribution in [-0.2, 0) is 10.2 Å². The van der Waals surface area contributed by atoms with Gasteiger partial charge >= 0.3 is 0 Å². The molecule has 1 aromatic rings. The Bertz CT molecular complexity index is 862. The lowest BCUT2D eigenvalue weighted by atomic mass is 9.47. The van der Waals surface area contributed by atoms with E-state index >= 15 is 0 Å². The first-order valence-corrected chi connectivity index (χ1v) is 12.2. The second-order valence-electron chi connectivity index (χ2n) is 12.3. The molecule has 0 radical (unpaired) electrons. The molecule has 0 spiro atoms. The van der Waals surface area contributed by atoms with Crippen LogP contribution < -0.4 is 5.32 Å². The molecule has 7 atom stereocenters. The third-order valence-corrected chi connectivity index (χ3v) is 9.86. The van der Waals surface area contributed by atoms with Gasteiger partial charge in [-0.2, -0.15) is 0 Å². The maximum Gasteiger partial charge on any atom is 0.243 e. The van der Waals surface area contributed by atoms with Gasteiger partial charge in [0.1, 0.15) is 0 Å². The van der Waals surface area contributed by atoms with Crippen LogP contribution in [0.15, 0.2) is 36.4 Å². The third-order valence-electron chi connectivity index (χ3n) is 9.86. The molecule has 1 N–H and O–H groups in total. The number of nitrogens with one attached hydrogen (secondary N) is 1. The van der Waals surface area contributed by atoms with E-state index in [4.69, 9.17) is 0 Å². The van der Waals surface area contributed by atoms with Crippen LogP contribution in [0.5, 0.6) is 0 Å². The van der Waals surface area contributed by atoms with Gasteiger partial charge in [-0.1, -0.05) is 65.0 Å². The Morgan fingerprint density at radius 1 is 0.933 bits per heavy atom. The van der Waals surface area contributed by atoms with E-state index in [0.29, 0.717) is 23.3 Å². The highest BCUT2D eigenvalue weighted by Crippen LogP contribution is 2.67. The van der Waals surface area contributed by atoms with Crippen LogP contribution >= 0.6 is 0 Å². The van der Waals surface area contributed by atoms with E-state index in [0.717, 1.165) is 18.3 Å². The van der Waals surface area contributed by atoms with Crippen LogP contribution in [0.25, 0.3) is 0 Å². The summed E-state index contributed by atoms with van der Waals surface area (Å²) in [6.45, 7) is 11.9. The summed E-state index contributed by atoms with van der Waals surface area (Å²) in [5, 5.41) is 3.29. The number of carbonyl (C=O) groups excluding carboxylic acids is 1. The second kappa shape index (κ2) is 6.71. The van der Waals surface area contributed by atoms with Gasteiger partial charge in [0.25, 0.3) is 0 Å². The second-order valence-corrected chi connectivity index (χ2v) is 12.3.